The van der Waals surface area contributed by atoms with Gasteiger partial charge in [-0.05, 0) is 44.7 Å². The van der Waals surface area contributed by atoms with Crippen molar-refractivity contribution in [2.24, 2.45) is 5.73 Å². The van der Waals surface area contributed by atoms with Crippen LogP contribution in [-0.2, 0) is 17.7 Å². The van der Waals surface area contributed by atoms with Crippen molar-refractivity contribution in [2.75, 3.05) is 0 Å². The van der Waals surface area contributed by atoms with Crippen LogP contribution in [0.4, 0.5) is 0 Å². The zero-order valence-electron chi connectivity index (χ0n) is 12.4. The van der Waals surface area contributed by atoms with Crippen molar-refractivity contribution >= 4 is 10.9 Å². The highest BCUT2D eigenvalue weighted by Gasteiger charge is 2.22. The summed E-state index contributed by atoms with van der Waals surface area (Å²) in [7, 11) is 0. The molecule has 1 aromatic carbocycles. The van der Waals surface area contributed by atoms with Gasteiger partial charge < -0.3 is 15.0 Å². The standard InChI is InChI=1S/C17H24N2O/c1-12(18)9-14-10-19(11-15-8-7-13(2)20-15)17-6-4-3-5-16(14)17/h3-6,10,12-13,15H,7-9,11,18H2,1-2H3. The second-order valence-corrected chi connectivity index (χ2v) is 6.15. The zero-order valence-corrected chi connectivity index (χ0v) is 12.4. The lowest BCUT2D eigenvalue weighted by Gasteiger charge is -2.13. The Morgan fingerprint density at radius 2 is 2.15 bits per heavy atom. The van der Waals surface area contributed by atoms with Crippen LogP contribution in [0.2, 0.25) is 0 Å². The maximum Gasteiger partial charge on any atom is 0.0758 e. The first kappa shape index (κ1) is 13.7. The van der Waals surface area contributed by atoms with Gasteiger partial charge >= 0.3 is 0 Å². The Morgan fingerprint density at radius 1 is 1.35 bits per heavy atom. The van der Waals surface area contributed by atoms with E-state index in [4.69, 9.17) is 10.5 Å². The van der Waals surface area contributed by atoms with Gasteiger partial charge in [0.2, 0.25) is 0 Å². The Hall–Kier alpha value is -1.32. The Bertz CT molecular complexity index is 588. The second kappa shape index (κ2) is 5.58. The van der Waals surface area contributed by atoms with Crippen molar-refractivity contribution in [2.45, 2.75) is 57.9 Å². The lowest BCUT2D eigenvalue weighted by atomic mass is 10.1. The van der Waals surface area contributed by atoms with E-state index in [0.29, 0.717) is 12.2 Å². The Balaban J connectivity index is 1.90. The van der Waals surface area contributed by atoms with Crippen LogP contribution in [0.5, 0.6) is 0 Å². The smallest absolute Gasteiger partial charge is 0.0758 e. The van der Waals surface area contributed by atoms with E-state index >= 15 is 0 Å². The van der Waals surface area contributed by atoms with Crippen LogP contribution in [0.15, 0.2) is 30.5 Å². The molecule has 2 N–H and O–H groups in total. The molecule has 3 nitrogen and oxygen atoms in total. The van der Waals surface area contributed by atoms with Crippen molar-refractivity contribution in [1.29, 1.82) is 0 Å². The Kier molecular flexibility index (Phi) is 3.81. The molecule has 1 aromatic heterocycles. The van der Waals surface area contributed by atoms with Gasteiger partial charge in [-0.15, -0.1) is 0 Å². The fourth-order valence-electron chi connectivity index (χ4n) is 3.22. The van der Waals surface area contributed by atoms with Crippen molar-refractivity contribution in [1.82, 2.24) is 4.57 Å². The molecule has 1 fully saturated rings. The summed E-state index contributed by atoms with van der Waals surface area (Å²) in [4.78, 5) is 0. The van der Waals surface area contributed by atoms with Gasteiger partial charge in [-0.3, -0.25) is 0 Å². The van der Waals surface area contributed by atoms with E-state index in [-0.39, 0.29) is 6.04 Å². The highest BCUT2D eigenvalue weighted by molar-refractivity contribution is 5.84. The number of hydrogen-bond acceptors (Lipinski definition) is 2. The summed E-state index contributed by atoms with van der Waals surface area (Å²) in [6.07, 6.45) is 6.29. The molecule has 1 aliphatic heterocycles. The van der Waals surface area contributed by atoms with E-state index in [9.17, 15) is 0 Å². The summed E-state index contributed by atoms with van der Waals surface area (Å²) in [5.74, 6) is 0. The molecule has 0 radical (unpaired) electrons. The molecule has 2 aromatic rings. The molecule has 1 saturated heterocycles. The quantitative estimate of drug-likeness (QED) is 0.929. The van der Waals surface area contributed by atoms with Crippen molar-refractivity contribution < 1.29 is 4.74 Å². The fraction of sp³-hybridized carbons (Fsp3) is 0.529. The Labute approximate surface area is 120 Å². The summed E-state index contributed by atoms with van der Waals surface area (Å²) in [6.45, 7) is 5.17. The number of fused-ring (bicyclic) bond motifs is 1. The molecule has 2 heterocycles. The third-order valence-electron chi connectivity index (χ3n) is 4.13. The summed E-state index contributed by atoms with van der Waals surface area (Å²) in [5.41, 5.74) is 8.62. The predicted molar refractivity (Wildman–Crippen MR) is 82.9 cm³/mol. The molecule has 3 heteroatoms. The van der Waals surface area contributed by atoms with Crippen LogP contribution in [0.3, 0.4) is 0 Å². The topological polar surface area (TPSA) is 40.2 Å². The van der Waals surface area contributed by atoms with Crippen molar-refractivity contribution in [3.8, 4) is 0 Å². The summed E-state index contributed by atoms with van der Waals surface area (Å²) >= 11 is 0. The number of nitrogens with zero attached hydrogens (tertiary/aromatic N) is 1. The predicted octanol–water partition coefficient (Wildman–Crippen LogP) is 3.10. The molecule has 3 atom stereocenters. The first-order valence-electron chi connectivity index (χ1n) is 7.61. The number of hydrogen-bond donors (Lipinski definition) is 1. The molecule has 20 heavy (non-hydrogen) atoms. The van der Waals surface area contributed by atoms with Crippen molar-refractivity contribution in [3.05, 3.63) is 36.0 Å². The number of rotatable bonds is 4. The van der Waals surface area contributed by atoms with E-state index < -0.39 is 0 Å². The summed E-state index contributed by atoms with van der Waals surface area (Å²) in [6, 6.07) is 8.79. The van der Waals surface area contributed by atoms with E-state index in [2.05, 4.69) is 48.9 Å². The molecule has 3 unspecified atom stereocenters. The largest absolute Gasteiger partial charge is 0.373 e. The molecule has 0 bridgehead atoms. The molecule has 0 spiro atoms. The average molecular weight is 272 g/mol. The van der Waals surface area contributed by atoms with Crippen LogP contribution in [0, 0.1) is 0 Å². The van der Waals surface area contributed by atoms with Crippen LogP contribution in [0.1, 0.15) is 32.3 Å². The first-order chi connectivity index (χ1) is 9.63. The lowest BCUT2D eigenvalue weighted by molar-refractivity contribution is 0.0465. The highest BCUT2D eigenvalue weighted by Crippen LogP contribution is 2.26. The SMILES string of the molecule is CC(N)Cc1cn(CC2CCC(C)O2)c2ccccc12. The zero-order chi connectivity index (χ0) is 14.1. The number of aromatic nitrogens is 1. The van der Waals surface area contributed by atoms with Gasteiger partial charge in [0.25, 0.3) is 0 Å². The van der Waals surface area contributed by atoms with E-state index in [1.807, 2.05) is 0 Å². The van der Waals surface area contributed by atoms with Gasteiger partial charge in [0.05, 0.1) is 12.2 Å². The molecule has 0 saturated carbocycles. The van der Waals surface area contributed by atoms with Crippen LogP contribution in [-0.4, -0.2) is 22.8 Å². The minimum atomic E-state index is 0.192. The van der Waals surface area contributed by atoms with Gasteiger partial charge in [0.15, 0.2) is 0 Å². The maximum atomic E-state index is 5.97. The van der Waals surface area contributed by atoms with Gasteiger partial charge in [-0.25, -0.2) is 0 Å². The third-order valence-corrected chi connectivity index (χ3v) is 4.13. The molecule has 108 valence electrons. The third kappa shape index (κ3) is 2.74. The minimum Gasteiger partial charge on any atom is -0.373 e. The Morgan fingerprint density at radius 3 is 2.85 bits per heavy atom. The summed E-state index contributed by atoms with van der Waals surface area (Å²) in [5, 5.41) is 1.33. The van der Waals surface area contributed by atoms with Crippen LogP contribution in [0.25, 0.3) is 10.9 Å². The molecule has 1 aliphatic rings. The molecule has 3 rings (SSSR count). The number of nitrogens with two attached hydrogens (primary N) is 1. The van der Waals surface area contributed by atoms with Gasteiger partial charge in [-0.2, -0.15) is 0 Å². The normalized spacial score (nSPS) is 24.4. The van der Waals surface area contributed by atoms with Gasteiger partial charge in [0.1, 0.15) is 0 Å². The number of para-hydroxylation sites is 1. The van der Waals surface area contributed by atoms with E-state index in [0.717, 1.165) is 19.4 Å². The monoisotopic (exact) mass is 272 g/mol. The van der Waals surface area contributed by atoms with Gasteiger partial charge in [0, 0.05) is 29.7 Å². The molecular weight excluding hydrogens is 248 g/mol. The van der Waals surface area contributed by atoms with Crippen LogP contribution >= 0.6 is 0 Å². The van der Waals surface area contributed by atoms with Crippen molar-refractivity contribution in [3.63, 3.8) is 0 Å². The van der Waals surface area contributed by atoms with Crippen LogP contribution < -0.4 is 5.73 Å². The number of ether oxygens (including phenoxy) is 1. The maximum absolute atomic E-state index is 5.97. The first-order valence-corrected chi connectivity index (χ1v) is 7.61. The summed E-state index contributed by atoms with van der Waals surface area (Å²) < 4.78 is 8.30. The highest BCUT2D eigenvalue weighted by atomic mass is 16.5. The molecule has 0 aliphatic carbocycles. The molecular formula is C17H24N2O. The number of benzene rings is 1. The second-order valence-electron chi connectivity index (χ2n) is 6.15. The molecule has 0 amide bonds. The van der Waals surface area contributed by atoms with E-state index in [1.54, 1.807) is 0 Å². The fourth-order valence-corrected chi connectivity index (χ4v) is 3.22. The van der Waals surface area contributed by atoms with Gasteiger partial charge in [-0.1, -0.05) is 18.2 Å². The minimum absolute atomic E-state index is 0.192. The lowest BCUT2D eigenvalue weighted by Crippen LogP contribution is -2.18. The van der Waals surface area contributed by atoms with E-state index in [1.165, 1.54) is 22.9 Å². The average Bonchev–Trinajstić information content (AvgIpc) is 2.95.